The predicted molar refractivity (Wildman–Crippen MR) is 106 cm³/mol. The number of hydrogen-bond acceptors (Lipinski definition) is 4. The molecule has 0 aliphatic heterocycles. The van der Waals surface area contributed by atoms with Crippen LogP contribution in [-0.2, 0) is 21.4 Å². The lowest BCUT2D eigenvalue weighted by molar-refractivity contribution is -0.119. The molecule has 0 saturated carbocycles. The fraction of sp³-hybridized carbons (Fsp3) is 0.316. The Balaban J connectivity index is 2.00. The van der Waals surface area contributed by atoms with Crippen molar-refractivity contribution in [1.29, 1.82) is 0 Å². The van der Waals surface area contributed by atoms with Crippen molar-refractivity contribution in [1.82, 2.24) is 9.62 Å². The molecular weight excluding hydrogens is 368 g/mol. The number of thioether (sulfide) groups is 1. The average molecular weight is 393 g/mol. The van der Waals surface area contributed by atoms with Gasteiger partial charge in [0.1, 0.15) is 0 Å². The molecule has 0 radical (unpaired) electrons. The van der Waals surface area contributed by atoms with Gasteiger partial charge in [0.25, 0.3) is 0 Å². The molecule has 140 valence electrons. The summed E-state index contributed by atoms with van der Waals surface area (Å²) in [6.07, 6.45) is 0. The van der Waals surface area contributed by atoms with Gasteiger partial charge in [0.15, 0.2) is 0 Å². The molecule has 0 aromatic heterocycles. The summed E-state index contributed by atoms with van der Waals surface area (Å²) in [6, 6.07) is 16.2. The van der Waals surface area contributed by atoms with Crippen molar-refractivity contribution in [3.8, 4) is 0 Å². The second-order valence-electron chi connectivity index (χ2n) is 6.23. The van der Waals surface area contributed by atoms with Gasteiger partial charge in [-0.15, -0.1) is 11.8 Å². The maximum absolute atomic E-state index is 12.7. The van der Waals surface area contributed by atoms with E-state index in [-0.39, 0.29) is 16.8 Å². The molecule has 26 heavy (non-hydrogen) atoms. The molecular formula is C19H24N2O3S2. The van der Waals surface area contributed by atoms with Crippen molar-refractivity contribution in [3.63, 3.8) is 0 Å². The highest BCUT2D eigenvalue weighted by Gasteiger charge is 2.20. The van der Waals surface area contributed by atoms with Crippen LogP contribution in [0.1, 0.15) is 19.4 Å². The van der Waals surface area contributed by atoms with Crippen molar-refractivity contribution < 1.29 is 13.2 Å². The van der Waals surface area contributed by atoms with Gasteiger partial charge in [-0.25, -0.2) is 8.42 Å². The van der Waals surface area contributed by atoms with Crippen LogP contribution in [0.5, 0.6) is 0 Å². The predicted octanol–water partition coefficient (Wildman–Crippen LogP) is 3.12. The first-order valence-corrected chi connectivity index (χ1v) is 10.7. The number of benzene rings is 2. The first-order valence-electron chi connectivity index (χ1n) is 8.31. The molecule has 0 bridgehead atoms. The van der Waals surface area contributed by atoms with E-state index in [1.165, 1.54) is 16.1 Å². The van der Waals surface area contributed by atoms with Crippen molar-refractivity contribution in [2.45, 2.75) is 36.2 Å². The molecule has 0 unspecified atom stereocenters. The summed E-state index contributed by atoms with van der Waals surface area (Å²) in [5, 5.41) is 2.82. The molecule has 0 spiro atoms. The number of rotatable bonds is 8. The van der Waals surface area contributed by atoms with E-state index in [9.17, 15) is 13.2 Å². The van der Waals surface area contributed by atoms with Gasteiger partial charge in [0.2, 0.25) is 15.9 Å². The smallest absolute Gasteiger partial charge is 0.243 e. The van der Waals surface area contributed by atoms with Gasteiger partial charge >= 0.3 is 0 Å². The Bertz CT molecular complexity index is 820. The SMILES string of the molecule is CC(C)NC(=O)CSc1ccc(S(=O)(=O)N(C)Cc2ccccc2)cc1. The summed E-state index contributed by atoms with van der Waals surface area (Å²) in [6.45, 7) is 4.14. The van der Waals surface area contributed by atoms with Crippen LogP contribution in [0.4, 0.5) is 0 Å². The third kappa shape index (κ3) is 5.86. The lowest BCUT2D eigenvalue weighted by Crippen LogP contribution is -2.31. The fourth-order valence-corrected chi connectivity index (χ4v) is 4.19. The quantitative estimate of drug-likeness (QED) is 0.701. The van der Waals surface area contributed by atoms with Crippen LogP contribution in [0, 0.1) is 0 Å². The van der Waals surface area contributed by atoms with Gasteiger partial charge in [-0.3, -0.25) is 4.79 Å². The third-order valence-corrected chi connectivity index (χ3v) is 6.43. The summed E-state index contributed by atoms with van der Waals surface area (Å²) in [5.74, 6) is 0.266. The Morgan fingerprint density at radius 1 is 1.08 bits per heavy atom. The Labute approximate surface area is 159 Å². The Morgan fingerprint density at radius 3 is 2.27 bits per heavy atom. The number of carbonyl (C=O) groups is 1. The number of nitrogens with one attached hydrogen (secondary N) is 1. The van der Waals surface area contributed by atoms with E-state index >= 15 is 0 Å². The summed E-state index contributed by atoms with van der Waals surface area (Å²) in [7, 11) is -1.99. The maximum Gasteiger partial charge on any atom is 0.243 e. The molecule has 0 atom stereocenters. The number of nitrogens with zero attached hydrogens (tertiary/aromatic N) is 1. The number of hydrogen-bond donors (Lipinski definition) is 1. The minimum Gasteiger partial charge on any atom is -0.353 e. The normalized spacial score (nSPS) is 11.7. The van der Waals surface area contributed by atoms with Gasteiger partial charge in [0.05, 0.1) is 10.6 Å². The topological polar surface area (TPSA) is 66.5 Å². The van der Waals surface area contributed by atoms with Crippen molar-refractivity contribution in [3.05, 3.63) is 60.2 Å². The second kappa shape index (κ2) is 9.21. The highest BCUT2D eigenvalue weighted by atomic mass is 32.2. The Hall–Kier alpha value is -1.83. The summed E-state index contributed by atoms with van der Waals surface area (Å²) >= 11 is 1.38. The van der Waals surface area contributed by atoms with Crippen molar-refractivity contribution in [2.75, 3.05) is 12.8 Å². The van der Waals surface area contributed by atoms with E-state index < -0.39 is 10.0 Å². The zero-order valence-corrected chi connectivity index (χ0v) is 16.8. The minimum atomic E-state index is -3.56. The van der Waals surface area contributed by atoms with Crippen molar-refractivity contribution >= 4 is 27.7 Å². The lowest BCUT2D eigenvalue weighted by atomic mass is 10.2. The van der Waals surface area contributed by atoms with Crippen LogP contribution >= 0.6 is 11.8 Å². The van der Waals surface area contributed by atoms with E-state index in [0.29, 0.717) is 12.3 Å². The van der Waals surface area contributed by atoms with E-state index in [2.05, 4.69) is 5.32 Å². The van der Waals surface area contributed by atoms with E-state index in [1.807, 2.05) is 44.2 Å². The van der Waals surface area contributed by atoms with E-state index in [0.717, 1.165) is 10.5 Å². The largest absolute Gasteiger partial charge is 0.353 e. The molecule has 7 heteroatoms. The molecule has 2 aromatic carbocycles. The molecule has 0 fully saturated rings. The van der Waals surface area contributed by atoms with Crippen LogP contribution in [0.25, 0.3) is 0 Å². The Kier molecular flexibility index (Phi) is 7.25. The fourth-order valence-electron chi connectivity index (χ4n) is 2.33. The summed E-state index contributed by atoms with van der Waals surface area (Å²) in [5.41, 5.74) is 0.932. The highest BCUT2D eigenvalue weighted by Crippen LogP contribution is 2.22. The molecule has 0 saturated heterocycles. The van der Waals surface area contributed by atoms with Gasteiger partial charge < -0.3 is 5.32 Å². The monoisotopic (exact) mass is 392 g/mol. The van der Waals surface area contributed by atoms with Gasteiger partial charge in [-0.05, 0) is 43.7 Å². The van der Waals surface area contributed by atoms with Crippen LogP contribution in [-0.4, -0.2) is 37.5 Å². The maximum atomic E-state index is 12.7. The average Bonchev–Trinajstić information content (AvgIpc) is 2.60. The molecule has 0 aliphatic carbocycles. The third-order valence-electron chi connectivity index (χ3n) is 3.60. The van der Waals surface area contributed by atoms with Crippen LogP contribution in [0.2, 0.25) is 0 Å². The first kappa shape index (κ1) is 20.5. The number of amides is 1. The molecule has 0 heterocycles. The minimum absolute atomic E-state index is 0.0377. The van der Waals surface area contributed by atoms with E-state index in [1.54, 1.807) is 31.3 Å². The molecule has 0 aliphatic rings. The summed E-state index contributed by atoms with van der Waals surface area (Å²) < 4.78 is 26.7. The second-order valence-corrected chi connectivity index (χ2v) is 9.32. The van der Waals surface area contributed by atoms with E-state index in [4.69, 9.17) is 0 Å². The Morgan fingerprint density at radius 2 is 1.69 bits per heavy atom. The molecule has 2 aromatic rings. The van der Waals surface area contributed by atoms with Crippen molar-refractivity contribution in [2.24, 2.45) is 0 Å². The summed E-state index contributed by atoms with van der Waals surface area (Å²) in [4.78, 5) is 12.8. The standard InChI is InChI=1S/C19H24N2O3S2/c1-15(2)20-19(22)14-25-17-9-11-18(12-10-17)26(23,24)21(3)13-16-7-5-4-6-8-16/h4-12,15H,13-14H2,1-3H3,(H,20,22). The zero-order valence-electron chi connectivity index (χ0n) is 15.2. The molecule has 5 nitrogen and oxygen atoms in total. The van der Waals surface area contributed by atoms with Gasteiger partial charge in [0, 0.05) is 24.5 Å². The zero-order chi connectivity index (χ0) is 19.2. The number of sulfonamides is 1. The molecule has 2 rings (SSSR count). The van der Waals surface area contributed by atoms with Gasteiger partial charge in [-0.1, -0.05) is 30.3 Å². The molecule has 1 N–H and O–H groups in total. The lowest BCUT2D eigenvalue weighted by Gasteiger charge is -2.17. The van der Waals surface area contributed by atoms with Crippen LogP contribution in [0.3, 0.4) is 0 Å². The number of carbonyl (C=O) groups excluding carboxylic acids is 1. The highest BCUT2D eigenvalue weighted by molar-refractivity contribution is 8.00. The molecule has 1 amide bonds. The van der Waals surface area contributed by atoms with Crippen LogP contribution < -0.4 is 5.32 Å². The van der Waals surface area contributed by atoms with Crippen LogP contribution in [0.15, 0.2) is 64.4 Å². The van der Waals surface area contributed by atoms with Gasteiger partial charge in [-0.2, -0.15) is 4.31 Å². The first-order chi connectivity index (χ1) is 12.3.